The Morgan fingerprint density at radius 1 is 1.20 bits per heavy atom. The van der Waals surface area contributed by atoms with Gasteiger partial charge in [0, 0.05) is 17.9 Å². The van der Waals surface area contributed by atoms with Crippen LogP contribution in [0.25, 0.3) is 10.9 Å². The Morgan fingerprint density at radius 2 is 1.96 bits per heavy atom. The summed E-state index contributed by atoms with van der Waals surface area (Å²) >= 11 is 0. The molecule has 7 nitrogen and oxygen atoms in total. The second kappa shape index (κ2) is 6.64. The van der Waals surface area contributed by atoms with Crippen LogP contribution in [-0.4, -0.2) is 32.9 Å². The van der Waals surface area contributed by atoms with Crippen LogP contribution < -0.4 is 10.3 Å². The first-order chi connectivity index (χ1) is 11.9. The molecule has 0 amide bonds. The van der Waals surface area contributed by atoms with Crippen LogP contribution in [0.4, 0.5) is 5.69 Å². The lowest BCUT2D eigenvalue weighted by Crippen LogP contribution is -2.29. The van der Waals surface area contributed by atoms with Crippen molar-refractivity contribution in [3.05, 3.63) is 64.4 Å². The lowest BCUT2D eigenvalue weighted by atomic mass is 10.1. The molecule has 0 spiro atoms. The fraction of sp³-hybridized carbons (Fsp3) is 0.235. The summed E-state index contributed by atoms with van der Waals surface area (Å²) in [6.07, 6.45) is 3.26. The number of para-hydroxylation sites is 1. The second-order valence-corrected chi connectivity index (χ2v) is 7.44. The van der Waals surface area contributed by atoms with Crippen molar-refractivity contribution >= 4 is 26.6 Å². The van der Waals surface area contributed by atoms with Crippen molar-refractivity contribution in [2.45, 2.75) is 11.7 Å². The Morgan fingerprint density at radius 3 is 2.68 bits per heavy atom. The summed E-state index contributed by atoms with van der Waals surface area (Å²) in [6.45, 7) is 0. The van der Waals surface area contributed by atoms with Crippen LogP contribution in [0.2, 0.25) is 0 Å². The molecule has 3 rings (SSSR count). The summed E-state index contributed by atoms with van der Waals surface area (Å²) in [5.41, 5.74) is 0.425. The molecule has 1 aromatic carbocycles. The summed E-state index contributed by atoms with van der Waals surface area (Å²) in [7, 11) is -0.817. The van der Waals surface area contributed by atoms with E-state index in [0.29, 0.717) is 22.4 Å². The van der Waals surface area contributed by atoms with Gasteiger partial charge in [-0.1, -0.05) is 24.3 Å². The minimum absolute atomic E-state index is 0.145. The number of hydrogen-bond donors (Lipinski definition) is 2. The lowest BCUT2D eigenvalue weighted by molar-refractivity contribution is 0.219. The fourth-order valence-electron chi connectivity index (χ4n) is 2.74. The van der Waals surface area contributed by atoms with Crippen LogP contribution in [0.5, 0.6) is 0 Å². The number of methoxy groups -OCH3 is 2. The number of hydrogen-bond acceptors (Lipinski definition) is 5. The number of aromatic nitrogens is 1. The standard InChI is InChI=1S/C17H18N2O5S/c1-23-15-8-7-11(9-16(15)24-2)25(21,22)19-14-10-17(20)18-13-6-4-3-5-12(13)14/h3-8,10-11H,9H2,1-2H3,(H2,18,19,20). The van der Waals surface area contributed by atoms with Crippen LogP contribution >= 0.6 is 0 Å². The SMILES string of the molecule is COC1=C(OC)CC(S(=O)(=O)Nc2cc(=O)[nH]c3ccccc23)C=C1. The molecule has 2 N–H and O–H groups in total. The first-order valence-corrected chi connectivity index (χ1v) is 9.12. The van der Waals surface area contributed by atoms with E-state index in [2.05, 4.69) is 9.71 Å². The van der Waals surface area contributed by atoms with E-state index in [0.717, 1.165) is 0 Å². The number of anilines is 1. The molecule has 2 aromatic rings. The Kier molecular flexibility index (Phi) is 4.54. The van der Waals surface area contributed by atoms with Crippen molar-refractivity contribution in [2.24, 2.45) is 0 Å². The molecule has 0 bridgehead atoms. The first-order valence-electron chi connectivity index (χ1n) is 7.57. The second-order valence-electron chi connectivity index (χ2n) is 5.54. The van der Waals surface area contributed by atoms with Crippen molar-refractivity contribution in [1.82, 2.24) is 4.98 Å². The molecule has 1 unspecified atom stereocenters. The molecular formula is C17H18N2O5S. The van der Waals surface area contributed by atoms with Crippen LogP contribution in [-0.2, 0) is 19.5 Å². The Hall–Kier alpha value is -2.74. The van der Waals surface area contributed by atoms with Crippen LogP contribution in [0, 0.1) is 0 Å². The summed E-state index contributed by atoms with van der Waals surface area (Å²) in [5, 5.41) is -0.218. The Balaban J connectivity index is 1.95. The highest BCUT2D eigenvalue weighted by Gasteiger charge is 2.29. The first kappa shape index (κ1) is 17.1. The molecule has 1 atom stereocenters. The molecule has 1 aromatic heterocycles. The average molecular weight is 362 g/mol. The van der Waals surface area contributed by atoms with E-state index in [1.807, 2.05) is 0 Å². The minimum Gasteiger partial charge on any atom is -0.497 e. The maximum atomic E-state index is 12.8. The molecule has 1 aliphatic carbocycles. The number of ether oxygens (including phenoxy) is 2. The lowest BCUT2D eigenvalue weighted by Gasteiger charge is -2.22. The Bertz CT molecular complexity index is 1020. The largest absolute Gasteiger partial charge is 0.497 e. The topological polar surface area (TPSA) is 97.5 Å². The van der Waals surface area contributed by atoms with Gasteiger partial charge in [-0.25, -0.2) is 8.42 Å². The number of fused-ring (bicyclic) bond motifs is 1. The zero-order valence-corrected chi connectivity index (χ0v) is 14.6. The fourth-order valence-corrected chi connectivity index (χ4v) is 4.02. The summed E-state index contributed by atoms with van der Waals surface area (Å²) in [5.74, 6) is 0.951. The van der Waals surface area contributed by atoms with Crippen LogP contribution in [0.15, 0.2) is 58.8 Å². The molecule has 1 heterocycles. The zero-order chi connectivity index (χ0) is 18.0. The molecule has 0 saturated heterocycles. The van der Waals surface area contributed by atoms with E-state index in [1.54, 1.807) is 36.4 Å². The van der Waals surface area contributed by atoms with Gasteiger partial charge in [-0.3, -0.25) is 9.52 Å². The smallest absolute Gasteiger partial charge is 0.250 e. The van der Waals surface area contributed by atoms with E-state index in [9.17, 15) is 13.2 Å². The third-order valence-corrected chi connectivity index (χ3v) is 5.62. The number of allylic oxidation sites excluding steroid dienone is 2. The highest BCUT2D eigenvalue weighted by molar-refractivity contribution is 7.93. The average Bonchev–Trinajstić information content (AvgIpc) is 2.60. The summed E-state index contributed by atoms with van der Waals surface area (Å²) < 4.78 is 38.4. The van der Waals surface area contributed by atoms with Crippen molar-refractivity contribution in [3.8, 4) is 0 Å². The van der Waals surface area contributed by atoms with Crippen molar-refractivity contribution < 1.29 is 17.9 Å². The predicted molar refractivity (Wildman–Crippen MR) is 95.7 cm³/mol. The monoisotopic (exact) mass is 362 g/mol. The third kappa shape index (κ3) is 3.39. The molecule has 0 fully saturated rings. The van der Waals surface area contributed by atoms with Gasteiger partial charge in [-0.2, -0.15) is 0 Å². The maximum absolute atomic E-state index is 12.8. The summed E-state index contributed by atoms with van der Waals surface area (Å²) in [4.78, 5) is 14.5. The number of benzene rings is 1. The van der Waals surface area contributed by atoms with Crippen molar-refractivity contribution in [3.63, 3.8) is 0 Å². The molecular weight excluding hydrogens is 344 g/mol. The molecule has 132 valence electrons. The molecule has 25 heavy (non-hydrogen) atoms. The molecule has 8 heteroatoms. The van der Waals surface area contributed by atoms with Gasteiger partial charge < -0.3 is 14.5 Å². The predicted octanol–water partition coefficient (Wildman–Crippen LogP) is 2.10. The number of H-pyrrole nitrogens is 1. The minimum atomic E-state index is -3.78. The van der Waals surface area contributed by atoms with Gasteiger partial charge in [-0.15, -0.1) is 0 Å². The van der Waals surface area contributed by atoms with E-state index >= 15 is 0 Å². The van der Waals surface area contributed by atoms with Gasteiger partial charge in [0.25, 0.3) is 5.56 Å². The van der Waals surface area contributed by atoms with Gasteiger partial charge in [0.15, 0.2) is 5.76 Å². The number of nitrogens with one attached hydrogen (secondary N) is 2. The molecule has 0 radical (unpaired) electrons. The maximum Gasteiger partial charge on any atom is 0.250 e. The quantitative estimate of drug-likeness (QED) is 0.849. The van der Waals surface area contributed by atoms with E-state index in [-0.39, 0.29) is 17.7 Å². The van der Waals surface area contributed by atoms with Crippen LogP contribution in [0.3, 0.4) is 0 Å². The molecule has 0 aliphatic heterocycles. The third-order valence-electron chi connectivity index (χ3n) is 3.99. The normalized spacial score (nSPS) is 17.6. The highest BCUT2D eigenvalue weighted by atomic mass is 32.2. The van der Waals surface area contributed by atoms with E-state index in [4.69, 9.17) is 9.47 Å². The molecule has 1 aliphatic rings. The van der Waals surface area contributed by atoms with E-state index < -0.39 is 15.3 Å². The molecule has 0 saturated carbocycles. The van der Waals surface area contributed by atoms with Gasteiger partial charge >= 0.3 is 0 Å². The highest BCUT2D eigenvalue weighted by Crippen LogP contribution is 2.27. The summed E-state index contributed by atoms with van der Waals surface area (Å²) in [6, 6.07) is 8.23. The zero-order valence-electron chi connectivity index (χ0n) is 13.8. The number of pyridine rings is 1. The number of rotatable bonds is 5. The van der Waals surface area contributed by atoms with Gasteiger partial charge in [0.2, 0.25) is 10.0 Å². The van der Waals surface area contributed by atoms with Gasteiger partial charge in [0.1, 0.15) is 11.0 Å². The van der Waals surface area contributed by atoms with Gasteiger partial charge in [0.05, 0.1) is 25.4 Å². The van der Waals surface area contributed by atoms with Gasteiger partial charge in [-0.05, 0) is 12.1 Å². The van der Waals surface area contributed by atoms with Crippen molar-refractivity contribution in [2.75, 3.05) is 18.9 Å². The number of sulfonamides is 1. The van der Waals surface area contributed by atoms with Crippen molar-refractivity contribution in [1.29, 1.82) is 0 Å². The van der Waals surface area contributed by atoms with E-state index in [1.165, 1.54) is 20.3 Å². The Labute approximate surface area is 145 Å². The number of aromatic amines is 1. The van der Waals surface area contributed by atoms with Crippen LogP contribution in [0.1, 0.15) is 6.42 Å².